The van der Waals surface area contributed by atoms with E-state index in [1.54, 1.807) is 6.20 Å². The van der Waals surface area contributed by atoms with E-state index in [2.05, 4.69) is 10.3 Å². The van der Waals surface area contributed by atoms with Crippen LogP contribution in [0.15, 0.2) is 47.9 Å². The monoisotopic (exact) mass is 254 g/mol. The van der Waals surface area contributed by atoms with Gasteiger partial charge < -0.3 is 10.1 Å². The van der Waals surface area contributed by atoms with Gasteiger partial charge in [-0.2, -0.15) is 0 Å². The van der Waals surface area contributed by atoms with Gasteiger partial charge in [0.25, 0.3) is 0 Å². The van der Waals surface area contributed by atoms with Crippen LogP contribution in [0.2, 0.25) is 0 Å². The lowest BCUT2D eigenvalue weighted by Gasteiger charge is -2.11. The van der Waals surface area contributed by atoms with Gasteiger partial charge in [-0.25, -0.2) is 4.79 Å². The van der Waals surface area contributed by atoms with E-state index >= 15 is 0 Å². The summed E-state index contributed by atoms with van der Waals surface area (Å²) in [5, 5.41) is 5.46. The number of carbonyl (C=O) groups is 1. The molecule has 1 aromatic carbocycles. The summed E-state index contributed by atoms with van der Waals surface area (Å²) in [6.45, 7) is 2.38. The average Bonchev–Trinajstić information content (AvgIpc) is 2.85. The Balaban J connectivity index is 2.00. The smallest absolute Gasteiger partial charge is 0.335 e. The number of allylic oxidation sites excluding steroid dienone is 1. The first-order valence-corrected chi connectivity index (χ1v) is 6.22. The average molecular weight is 254 g/mol. The number of carbonyl (C=O) groups excluding carboxylic acids is 1. The summed E-state index contributed by atoms with van der Waals surface area (Å²) in [7, 11) is 0. The summed E-state index contributed by atoms with van der Waals surface area (Å²) >= 11 is 0. The van der Waals surface area contributed by atoms with Crippen molar-refractivity contribution in [2.24, 2.45) is 0 Å². The van der Waals surface area contributed by atoms with Crippen molar-refractivity contribution in [3.63, 3.8) is 0 Å². The molecule has 0 saturated carbocycles. The van der Waals surface area contributed by atoms with E-state index in [1.807, 2.05) is 37.4 Å². The fourth-order valence-corrected chi connectivity index (χ4v) is 2.28. The van der Waals surface area contributed by atoms with Crippen molar-refractivity contribution in [1.82, 2.24) is 4.98 Å². The number of cyclic esters (lactones) is 1. The van der Waals surface area contributed by atoms with Crippen LogP contribution in [-0.2, 0) is 9.53 Å². The highest BCUT2D eigenvalue weighted by Crippen LogP contribution is 2.25. The maximum Gasteiger partial charge on any atom is 0.335 e. The molecule has 4 heteroatoms. The van der Waals surface area contributed by atoms with Gasteiger partial charge in [0.1, 0.15) is 0 Å². The molecule has 1 saturated heterocycles. The van der Waals surface area contributed by atoms with Crippen LogP contribution in [0, 0.1) is 0 Å². The number of nitrogens with one attached hydrogen (secondary N) is 1. The van der Waals surface area contributed by atoms with Crippen LogP contribution in [0.4, 0.5) is 5.69 Å². The van der Waals surface area contributed by atoms with Gasteiger partial charge in [-0.3, -0.25) is 4.98 Å². The molecule has 96 valence electrons. The zero-order chi connectivity index (χ0) is 13.2. The SMILES string of the molecule is C/C(Nc1cccc2cnccc12)=C1/CCOC1=O. The Hall–Kier alpha value is -2.36. The number of pyridine rings is 1. The van der Waals surface area contributed by atoms with Gasteiger partial charge in [0, 0.05) is 41.0 Å². The molecule has 1 aliphatic heterocycles. The normalized spacial score (nSPS) is 17.4. The third kappa shape index (κ3) is 2.17. The summed E-state index contributed by atoms with van der Waals surface area (Å²) in [4.78, 5) is 15.6. The highest BCUT2D eigenvalue weighted by Gasteiger charge is 2.21. The molecular weight excluding hydrogens is 240 g/mol. The fourth-order valence-electron chi connectivity index (χ4n) is 2.28. The standard InChI is InChI=1S/C15H14N2O2/c1-10(12-6-8-19-15(12)18)17-14-4-2-3-11-9-16-7-5-13(11)14/h2-5,7,9,17H,6,8H2,1H3/b12-10+. The molecule has 19 heavy (non-hydrogen) atoms. The zero-order valence-electron chi connectivity index (χ0n) is 10.6. The predicted molar refractivity (Wildman–Crippen MR) is 73.6 cm³/mol. The molecule has 0 amide bonds. The van der Waals surface area contributed by atoms with Crippen LogP contribution >= 0.6 is 0 Å². The Morgan fingerprint density at radius 1 is 1.37 bits per heavy atom. The molecule has 0 bridgehead atoms. The third-order valence-corrected chi connectivity index (χ3v) is 3.29. The van der Waals surface area contributed by atoms with Gasteiger partial charge in [0.05, 0.1) is 12.2 Å². The number of esters is 1. The van der Waals surface area contributed by atoms with E-state index < -0.39 is 0 Å². The Morgan fingerprint density at radius 2 is 2.26 bits per heavy atom. The summed E-state index contributed by atoms with van der Waals surface area (Å²) in [6.07, 6.45) is 4.26. The molecule has 4 nitrogen and oxygen atoms in total. The first kappa shape index (κ1) is 11.7. The minimum absolute atomic E-state index is 0.216. The van der Waals surface area contributed by atoms with Crippen molar-refractivity contribution in [2.75, 3.05) is 11.9 Å². The summed E-state index contributed by atoms with van der Waals surface area (Å²) in [5.41, 5.74) is 2.56. The first-order valence-electron chi connectivity index (χ1n) is 6.22. The molecule has 1 aromatic heterocycles. The minimum Gasteiger partial charge on any atom is -0.462 e. The Bertz CT molecular complexity index is 671. The molecule has 1 aliphatic rings. The van der Waals surface area contributed by atoms with Crippen LogP contribution in [0.3, 0.4) is 0 Å². The molecule has 3 rings (SSSR count). The molecule has 2 heterocycles. The second-order valence-electron chi connectivity index (χ2n) is 4.52. The quantitative estimate of drug-likeness (QED) is 0.661. The zero-order valence-corrected chi connectivity index (χ0v) is 10.6. The fraction of sp³-hybridized carbons (Fsp3) is 0.200. The van der Waals surface area contributed by atoms with Gasteiger partial charge in [-0.05, 0) is 19.1 Å². The van der Waals surface area contributed by atoms with Gasteiger partial charge in [-0.1, -0.05) is 12.1 Å². The van der Waals surface area contributed by atoms with Crippen LogP contribution in [0.1, 0.15) is 13.3 Å². The number of rotatable bonds is 2. The lowest BCUT2D eigenvalue weighted by molar-refractivity contribution is -0.135. The number of benzene rings is 1. The van der Waals surface area contributed by atoms with Crippen LogP contribution < -0.4 is 5.32 Å². The van der Waals surface area contributed by atoms with Crippen molar-refractivity contribution < 1.29 is 9.53 Å². The van der Waals surface area contributed by atoms with Crippen molar-refractivity contribution in [2.45, 2.75) is 13.3 Å². The molecule has 0 atom stereocenters. The number of fused-ring (bicyclic) bond motifs is 1. The molecular formula is C15H14N2O2. The van der Waals surface area contributed by atoms with E-state index in [0.29, 0.717) is 13.0 Å². The van der Waals surface area contributed by atoms with Crippen LogP contribution in [-0.4, -0.2) is 17.6 Å². The Labute approximate surface area is 111 Å². The number of hydrogen-bond acceptors (Lipinski definition) is 4. The minimum atomic E-state index is -0.216. The summed E-state index contributed by atoms with van der Waals surface area (Å²) < 4.78 is 4.96. The molecule has 1 fully saturated rings. The third-order valence-electron chi connectivity index (χ3n) is 3.29. The van der Waals surface area contributed by atoms with E-state index in [9.17, 15) is 4.79 Å². The topological polar surface area (TPSA) is 51.2 Å². The second-order valence-corrected chi connectivity index (χ2v) is 4.52. The van der Waals surface area contributed by atoms with Crippen molar-refractivity contribution >= 4 is 22.4 Å². The van der Waals surface area contributed by atoms with Crippen molar-refractivity contribution in [3.8, 4) is 0 Å². The summed E-state index contributed by atoms with van der Waals surface area (Å²) in [6, 6.07) is 7.94. The molecule has 2 aromatic rings. The largest absolute Gasteiger partial charge is 0.462 e. The van der Waals surface area contributed by atoms with E-state index in [4.69, 9.17) is 4.74 Å². The van der Waals surface area contributed by atoms with E-state index in [0.717, 1.165) is 27.7 Å². The number of ether oxygens (including phenoxy) is 1. The molecule has 0 radical (unpaired) electrons. The molecule has 0 aliphatic carbocycles. The second kappa shape index (κ2) is 4.72. The van der Waals surface area contributed by atoms with Gasteiger partial charge in [-0.15, -0.1) is 0 Å². The number of hydrogen-bond donors (Lipinski definition) is 1. The number of aromatic nitrogens is 1. The Kier molecular flexibility index (Phi) is 2.91. The molecule has 1 N–H and O–H groups in total. The maximum atomic E-state index is 11.5. The predicted octanol–water partition coefficient (Wildman–Crippen LogP) is 2.87. The van der Waals surface area contributed by atoms with Crippen molar-refractivity contribution in [3.05, 3.63) is 47.9 Å². The lowest BCUT2D eigenvalue weighted by Crippen LogP contribution is -2.05. The van der Waals surface area contributed by atoms with Crippen LogP contribution in [0.5, 0.6) is 0 Å². The van der Waals surface area contributed by atoms with E-state index in [1.165, 1.54) is 0 Å². The Morgan fingerprint density at radius 3 is 3.05 bits per heavy atom. The number of anilines is 1. The lowest BCUT2D eigenvalue weighted by atomic mass is 10.1. The maximum absolute atomic E-state index is 11.5. The van der Waals surface area contributed by atoms with Crippen LogP contribution in [0.25, 0.3) is 10.8 Å². The summed E-state index contributed by atoms with van der Waals surface area (Å²) in [5.74, 6) is -0.216. The van der Waals surface area contributed by atoms with Gasteiger partial charge in [0.2, 0.25) is 0 Å². The van der Waals surface area contributed by atoms with Gasteiger partial charge >= 0.3 is 5.97 Å². The van der Waals surface area contributed by atoms with E-state index in [-0.39, 0.29) is 5.97 Å². The highest BCUT2D eigenvalue weighted by molar-refractivity contribution is 5.95. The number of nitrogens with zero attached hydrogens (tertiary/aromatic N) is 1. The molecule has 0 spiro atoms. The van der Waals surface area contributed by atoms with Crippen molar-refractivity contribution in [1.29, 1.82) is 0 Å². The highest BCUT2D eigenvalue weighted by atomic mass is 16.5. The molecule has 0 unspecified atom stereocenters. The first-order chi connectivity index (χ1) is 9.25. The van der Waals surface area contributed by atoms with Gasteiger partial charge in [0.15, 0.2) is 0 Å².